The molecule has 0 aliphatic rings. The van der Waals surface area contributed by atoms with Crippen molar-refractivity contribution in [3.63, 3.8) is 0 Å². The molecule has 0 spiro atoms. The fourth-order valence-corrected chi connectivity index (χ4v) is 3.21. The van der Waals surface area contributed by atoms with Crippen LogP contribution in [0.3, 0.4) is 0 Å². The SMILES string of the molecule is Cc1cc(NCc2c(F)cccc2Cl)ccc1NCc1c(F)cccc1Cl. The second-order valence-corrected chi connectivity index (χ2v) is 6.95. The van der Waals surface area contributed by atoms with E-state index in [0.29, 0.717) is 21.2 Å². The maximum Gasteiger partial charge on any atom is 0.129 e. The van der Waals surface area contributed by atoms with E-state index >= 15 is 0 Å². The van der Waals surface area contributed by atoms with Crippen LogP contribution < -0.4 is 10.6 Å². The number of halogens is 4. The van der Waals surface area contributed by atoms with E-state index in [-0.39, 0.29) is 24.7 Å². The van der Waals surface area contributed by atoms with Gasteiger partial charge in [-0.25, -0.2) is 8.78 Å². The Bertz CT molecular complexity index is 920. The minimum absolute atomic E-state index is 0.280. The number of hydrogen-bond donors (Lipinski definition) is 2. The molecule has 0 aromatic heterocycles. The quantitative estimate of drug-likeness (QED) is 0.469. The Morgan fingerprint density at radius 2 is 1.33 bits per heavy atom. The van der Waals surface area contributed by atoms with Gasteiger partial charge in [-0.15, -0.1) is 0 Å². The van der Waals surface area contributed by atoms with Crippen molar-refractivity contribution in [3.8, 4) is 0 Å². The third-order valence-electron chi connectivity index (χ3n) is 4.27. The molecule has 0 aliphatic carbocycles. The average molecular weight is 407 g/mol. The van der Waals surface area contributed by atoms with E-state index < -0.39 is 0 Å². The van der Waals surface area contributed by atoms with Gasteiger partial charge in [-0.2, -0.15) is 0 Å². The fraction of sp³-hybridized carbons (Fsp3) is 0.143. The van der Waals surface area contributed by atoms with Gasteiger partial charge in [-0.3, -0.25) is 0 Å². The van der Waals surface area contributed by atoms with Crippen LogP contribution in [0.15, 0.2) is 54.6 Å². The maximum atomic E-state index is 13.9. The molecule has 0 radical (unpaired) electrons. The Balaban J connectivity index is 1.67. The predicted octanol–water partition coefficient (Wildman–Crippen LogP) is 6.80. The number of hydrogen-bond acceptors (Lipinski definition) is 2. The van der Waals surface area contributed by atoms with Gasteiger partial charge in [0.2, 0.25) is 0 Å². The monoisotopic (exact) mass is 406 g/mol. The van der Waals surface area contributed by atoms with Gasteiger partial charge in [-0.05, 0) is 55.0 Å². The molecule has 0 unspecified atom stereocenters. The number of anilines is 2. The van der Waals surface area contributed by atoms with Gasteiger partial charge >= 0.3 is 0 Å². The third kappa shape index (κ3) is 4.71. The fourth-order valence-electron chi connectivity index (χ4n) is 2.75. The third-order valence-corrected chi connectivity index (χ3v) is 4.98. The first-order valence-corrected chi connectivity index (χ1v) is 9.15. The molecule has 2 nitrogen and oxygen atoms in total. The molecular formula is C21H18Cl2F2N2. The van der Waals surface area contributed by atoms with E-state index in [1.165, 1.54) is 12.1 Å². The molecule has 3 rings (SSSR count). The Labute approximate surface area is 167 Å². The second-order valence-electron chi connectivity index (χ2n) is 6.14. The van der Waals surface area contributed by atoms with Gasteiger partial charge in [0, 0.05) is 45.6 Å². The van der Waals surface area contributed by atoms with Gasteiger partial charge in [-0.1, -0.05) is 35.3 Å². The summed E-state index contributed by atoms with van der Waals surface area (Å²) in [5.41, 5.74) is 3.51. The lowest BCUT2D eigenvalue weighted by atomic mass is 10.1. The summed E-state index contributed by atoms with van der Waals surface area (Å²) in [5.74, 6) is -0.681. The van der Waals surface area contributed by atoms with Crippen molar-refractivity contribution >= 4 is 34.6 Å². The molecule has 6 heteroatoms. The summed E-state index contributed by atoms with van der Waals surface area (Å²) < 4.78 is 27.7. The first kappa shape index (κ1) is 19.5. The van der Waals surface area contributed by atoms with E-state index in [1.807, 2.05) is 25.1 Å². The summed E-state index contributed by atoms with van der Waals surface area (Å²) in [4.78, 5) is 0. The Hall–Kier alpha value is -2.30. The topological polar surface area (TPSA) is 24.1 Å². The highest BCUT2D eigenvalue weighted by Crippen LogP contribution is 2.25. The molecule has 0 aliphatic heterocycles. The summed E-state index contributed by atoms with van der Waals surface area (Å²) >= 11 is 12.1. The van der Waals surface area contributed by atoms with Gasteiger partial charge in [0.1, 0.15) is 11.6 Å². The molecule has 0 fully saturated rings. The molecule has 3 aromatic carbocycles. The standard InChI is InChI=1S/C21H18Cl2F2N2/c1-13-10-14(26-11-15-17(22)4-2-6-19(15)24)8-9-21(13)27-12-16-18(23)5-3-7-20(16)25/h2-10,26-27H,11-12H2,1H3. The van der Waals surface area contributed by atoms with Gasteiger partial charge in [0.05, 0.1) is 0 Å². The van der Waals surface area contributed by atoms with E-state index in [9.17, 15) is 8.78 Å². The minimum Gasteiger partial charge on any atom is -0.381 e. The first-order valence-electron chi connectivity index (χ1n) is 8.40. The van der Waals surface area contributed by atoms with Crippen LogP contribution >= 0.6 is 23.2 Å². The Morgan fingerprint density at radius 1 is 0.778 bits per heavy atom. The summed E-state index contributed by atoms with van der Waals surface area (Å²) in [6, 6.07) is 14.9. The molecule has 0 saturated carbocycles. The molecule has 0 atom stereocenters. The van der Waals surface area contributed by atoms with Crippen molar-refractivity contribution in [2.24, 2.45) is 0 Å². The first-order chi connectivity index (χ1) is 13.0. The lowest BCUT2D eigenvalue weighted by molar-refractivity contribution is 0.612. The van der Waals surface area contributed by atoms with Crippen molar-refractivity contribution < 1.29 is 8.78 Å². The lowest BCUT2D eigenvalue weighted by Crippen LogP contribution is -2.05. The van der Waals surface area contributed by atoms with Crippen LogP contribution in [0.25, 0.3) is 0 Å². The molecular weight excluding hydrogens is 389 g/mol. The minimum atomic E-state index is -0.341. The van der Waals surface area contributed by atoms with Gasteiger partial charge < -0.3 is 10.6 Å². The van der Waals surface area contributed by atoms with Crippen LogP contribution in [0, 0.1) is 18.6 Å². The number of aryl methyl sites for hydroxylation is 1. The van der Waals surface area contributed by atoms with Crippen LogP contribution in [0.5, 0.6) is 0 Å². The zero-order valence-electron chi connectivity index (χ0n) is 14.6. The maximum absolute atomic E-state index is 13.9. The molecule has 0 heterocycles. The Morgan fingerprint density at radius 3 is 1.85 bits per heavy atom. The van der Waals surface area contributed by atoms with Crippen LogP contribution in [0.4, 0.5) is 20.2 Å². The highest BCUT2D eigenvalue weighted by molar-refractivity contribution is 6.31. The summed E-state index contributed by atoms with van der Waals surface area (Å²) in [6.45, 7) is 2.50. The molecule has 27 heavy (non-hydrogen) atoms. The highest BCUT2D eigenvalue weighted by Gasteiger charge is 2.09. The predicted molar refractivity (Wildman–Crippen MR) is 109 cm³/mol. The van der Waals surface area contributed by atoms with E-state index in [1.54, 1.807) is 24.3 Å². The van der Waals surface area contributed by atoms with E-state index in [2.05, 4.69) is 10.6 Å². The van der Waals surface area contributed by atoms with Gasteiger partial charge in [0.15, 0.2) is 0 Å². The lowest BCUT2D eigenvalue weighted by Gasteiger charge is -2.14. The van der Waals surface area contributed by atoms with Crippen molar-refractivity contribution in [3.05, 3.63) is 93.0 Å². The number of benzene rings is 3. The van der Waals surface area contributed by atoms with Crippen molar-refractivity contribution in [1.29, 1.82) is 0 Å². The second kappa shape index (κ2) is 8.59. The number of rotatable bonds is 6. The molecule has 140 valence electrons. The summed E-state index contributed by atoms with van der Waals surface area (Å²) in [5, 5.41) is 7.14. The molecule has 3 aromatic rings. The normalized spacial score (nSPS) is 10.7. The van der Waals surface area contributed by atoms with Gasteiger partial charge in [0.25, 0.3) is 0 Å². The summed E-state index contributed by atoms with van der Waals surface area (Å²) in [7, 11) is 0. The van der Waals surface area contributed by atoms with E-state index in [4.69, 9.17) is 23.2 Å². The van der Waals surface area contributed by atoms with Crippen molar-refractivity contribution in [2.75, 3.05) is 10.6 Å². The zero-order valence-corrected chi connectivity index (χ0v) is 16.1. The van der Waals surface area contributed by atoms with Crippen LogP contribution in [-0.2, 0) is 13.1 Å². The number of nitrogens with one attached hydrogen (secondary N) is 2. The zero-order chi connectivity index (χ0) is 19.4. The van der Waals surface area contributed by atoms with Crippen LogP contribution in [0.2, 0.25) is 10.0 Å². The van der Waals surface area contributed by atoms with Crippen molar-refractivity contribution in [2.45, 2.75) is 20.0 Å². The molecule has 0 amide bonds. The van der Waals surface area contributed by atoms with Crippen LogP contribution in [0.1, 0.15) is 16.7 Å². The smallest absolute Gasteiger partial charge is 0.129 e. The van der Waals surface area contributed by atoms with Crippen LogP contribution in [-0.4, -0.2) is 0 Å². The highest BCUT2D eigenvalue weighted by atomic mass is 35.5. The largest absolute Gasteiger partial charge is 0.381 e. The summed E-state index contributed by atoms with van der Waals surface area (Å²) in [6.07, 6.45) is 0. The average Bonchev–Trinajstić information content (AvgIpc) is 2.62. The molecule has 2 N–H and O–H groups in total. The Kier molecular flexibility index (Phi) is 6.19. The molecule has 0 saturated heterocycles. The van der Waals surface area contributed by atoms with Crippen molar-refractivity contribution in [1.82, 2.24) is 0 Å². The van der Waals surface area contributed by atoms with E-state index in [0.717, 1.165) is 16.9 Å². The molecule has 0 bridgehead atoms.